The average molecular weight is 245 g/mol. The molecule has 2 heteroatoms. The lowest BCUT2D eigenvalue weighted by Gasteiger charge is -2.01. The number of benzene rings is 2. The predicted molar refractivity (Wildman–Crippen MR) is 73.2 cm³/mol. The molecule has 0 saturated carbocycles. The number of aryl methyl sites for hydroxylation is 1. The third kappa shape index (κ3) is 2.89. The second-order valence-electron chi connectivity index (χ2n) is 3.92. The second kappa shape index (κ2) is 5.07. The summed E-state index contributed by atoms with van der Waals surface area (Å²) in [5, 5.41) is 10.4. The van der Waals surface area contributed by atoms with Crippen LogP contribution >= 0.6 is 11.6 Å². The summed E-state index contributed by atoms with van der Waals surface area (Å²) >= 11 is 6.05. The molecule has 0 aliphatic heterocycles. The molecule has 0 atom stereocenters. The summed E-state index contributed by atoms with van der Waals surface area (Å²) in [6, 6.07) is 13.1. The highest BCUT2D eigenvalue weighted by molar-refractivity contribution is 6.32. The van der Waals surface area contributed by atoms with Crippen LogP contribution < -0.4 is 0 Å². The van der Waals surface area contributed by atoms with Crippen LogP contribution in [0.15, 0.2) is 42.5 Å². The van der Waals surface area contributed by atoms with Gasteiger partial charge in [-0.15, -0.1) is 0 Å². The molecule has 0 unspecified atom stereocenters. The van der Waals surface area contributed by atoms with Gasteiger partial charge in [0.1, 0.15) is 5.75 Å². The van der Waals surface area contributed by atoms with Crippen molar-refractivity contribution in [2.75, 3.05) is 0 Å². The number of aromatic hydroxyl groups is 1. The lowest BCUT2D eigenvalue weighted by Crippen LogP contribution is -1.78. The van der Waals surface area contributed by atoms with Crippen molar-refractivity contribution in [1.29, 1.82) is 0 Å². The Morgan fingerprint density at radius 2 is 1.71 bits per heavy atom. The molecule has 0 amide bonds. The molecular weight excluding hydrogens is 232 g/mol. The normalized spacial score (nSPS) is 10.9. The minimum absolute atomic E-state index is 0.277. The Hall–Kier alpha value is -1.73. The van der Waals surface area contributed by atoms with Gasteiger partial charge in [-0.1, -0.05) is 53.6 Å². The summed E-state index contributed by atoms with van der Waals surface area (Å²) in [6.07, 6.45) is 3.76. The third-order valence-electron chi connectivity index (χ3n) is 2.53. The van der Waals surface area contributed by atoms with E-state index in [-0.39, 0.29) is 5.75 Å². The Bertz CT molecular complexity index is 559. The molecule has 0 spiro atoms. The highest BCUT2D eigenvalue weighted by atomic mass is 35.5. The number of phenolic OH excluding ortho intramolecular Hbond substituents is 1. The molecule has 0 bridgehead atoms. The number of phenols is 1. The van der Waals surface area contributed by atoms with E-state index < -0.39 is 0 Å². The van der Waals surface area contributed by atoms with Crippen LogP contribution in [0.1, 0.15) is 16.7 Å². The molecule has 0 aromatic heterocycles. The molecule has 0 radical (unpaired) electrons. The van der Waals surface area contributed by atoms with E-state index in [1.165, 1.54) is 0 Å². The molecule has 17 heavy (non-hydrogen) atoms. The van der Waals surface area contributed by atoms with Crippen molar-refractivity contribution in [1.82, 2.24) is 0 Å². The van der Waals surface area contributed by atoms with Crippen molar-refractivity contribution in [3.8, 4) is 5.75 Å². The zero-order valence-electron chi connectivity index (χ0n) is 9.52. The Labute approximate surface area is 106 Å². The Morgan fingerprint density at radius 3 is 2.47 bits per heavy atom. The predicted octanol–water partition coefficient (Wildman–Crippen LogP) is 4.52. The lowest BCUT2D eigenvalue weighted by molar-refractivity contribution is 0.474. The zero-order chi connectivity index (χ0) is 12.3. The van der Waals surface area contributed by atoms with E-state index in [1.54, 1.807) is 6.07 Å². The third-order valence-corrected chi connectivity index (χ3v) is 2.87. The van der Waals surface area contributed by atoms with Crippen molar-refractivity contribution in [3.63, 3.8) is 0 Å². The summed E-state index contributed by atoms with van der Waals surface area (Å²) in [7, 11) is 0. The molecule has 1 nitrogen and oxygen atoms in total. The van der Waals surface area contributed by atoms with E-state index in [0.29, 0.717) is 5.02 Å². The van der Waals surface area contributed by atoms with Gasteiger partial charge < -0.3 is 5.11 Å². The van der Waals surface area contributed by atoms with E-state index in [1.807, 2.05) is 55.5 Å². The van der Waals surface area contributed by atoms with Crippen LogP contribution in [0.2, 0.25) is 5.02 Å². The smallest absolute Gasteiger partial charge is 0.122 e. The molecule has 0 saturated heterocycles. The maximum atomic E-state index is 9.70. The summed E-state index contributed by atoms with van der Waals surface area (Å²) in [6.45, 7) is 1.99. The summed E-state index contributed by atoms with van der Waals surface area (Å²) in [5.41, 5.74) is 2.85. The van der Waals surface area contributed by atoms with Crippen molar-refractivity contribution in [2.45, 2.75) is 6.92 Å². The summed E-state index contributed by atoms with van der Waals surface area (Å²) in [5.74, 6) is 0.277. The van der Waals surface area contributed by atoms with E-state index in [2.05, 4.69) is 0 Å². The van der Waals surface area contributed by atoms with Crippen molar-refractivity contribution >= 4 is 23.8 Å². The van der Waals surface area contributed by atoms with Crippen molar-refractivity contribution < 1.29 is 5.11 Å². The van der Waals surface area contributed by atoms with Crippen LogP contribution in [0, 0.1) is 6.92 Å². The van der Waals surface area contributed by atoms with Gasteiger partial charge >= 0.3 is 0 Å². The van der Waals surface area contributed by atoms with Crippen molar-refractivity contribution in [3.05, 3.63) is 64.2 Å². The van der Waals surface area contributed by atoms with Gasteiger partial charge in [0.15, 0.2) is 0 Å². The summed E-state index contributed by atoms with van der Waals surface area (Å²) in [4.78, 5) is 0. The zero-order valence-corrected chi connectivity index (χ0v) is 10.3. The largest absolute Gasteiger partial charge is 0.507 e. The van der Waals surface area contributed by atoms with Crippen LogP contribution in [0.25, 0.3) is 12.2 Å². The number of rotatable bonds is 2. The van der Waals surface area contributed by atoms with Gasteiger partial charge in [-0.05, 0) is 30.7 Å². The van der Waals surface area contributed by atoms with E-state index in [0.717, 1.165) is 16.7 Å². The summed E-state index contributed by atoms with van der Waals surface area (Å²) < 4.78 is 0. The quantitative estimate of drug-likeness (QED) is 0.770. The van der Waals surface area contributed by atoms with Gasteiger partial charge in [0, 0.05) is 10.6 Å². The monoisotopic (exact) mass is 244 g/mol. The first-order chi connectivity index (χ1) is 8.16. The molecule has 0 aliphatic carbocycles. The Balaban J connectivity index is 2.32. The number of halogens is 1. The minimum atomic E-state index is 0.277. The fraction of sp³-hybridized carbons (Fsp3) is 0.0667. The molecule has 2 aromatic rings. The van der Waals surface area contributed by atoms with Gasteiger partial charge in [-0.3, -0.25) is 0 Å². The van der Waals surface area contributed by atoms with Crippen LogP contribution in [-0.4, -0.2) is 5.11 Å². The van der Waals surface area contributed by atoms with E-state index in [4.69, 9.17) is 11.6 Å². The van der Waals surface area contributed by atoms with Crippen LogP contribution in [0.4, 0.5) is 0 Å². The molecule has 1 N–H and O–H groups in total. The number of hydrogen-bond donors (Lipinski definition) is 1. The topological polar surface area (TPSA) is 20.2 Å². The molecule has 0 aliphatic rings. The van der Waals surface area contributed by atoms with Crippen LogP contribution in [-0.2, 0) is 0 Å². The first-order valence-electron chi connectivity index (χ1n) is 5.39. The molecule has 0 heterocycles. The first kappa shape index (κ1) is 11.7. The van der Waals surface area contributed by atoms with Gasteiger partial charge in [0.25, 0.3) is 0 Å². The molecule has 86 valence electrons. The lowest BCUT2D eigenvalue weighted by atomic mass is 10.1. The fourth-order valence-electron chi connectivity index (χ4n) is 1.60. The van der Waals surface area contributed by atoms with Gasteiger partial charge in [-0.2, -0.15) is 0 Å². The van der Waals surface area contributed by atoms with Gasteiger partial charge in [-0.25, -0.2) is 0 Å². The Morgan fingerprint density at radius 1 is 1.00 bits per heavy atom. The van der Waals surface area contributed by atoms with Gasteiger partial charge in [0.2, 0.25) is 0 Å². The highest BCUT2D eigenvalue weighted by Gasteiger charge is 1.98. The average Bonchev–Trinajstić information content (AvgIpc) is 2.32. The molecular formula is C15H13ClO. The Kier molecular flexibility index (Phi) is 3.50. The minimum Gasteiger partial charge on any atom is -0.507 e. The van der Waals surface area contributed by atoms with Gasteiger partial charge in [0.05, 0.1) is 0 Å². The van der Waals surface area contributed by atoms with Crippen molar-refractivity contribution in [2.24, 2.45) is 0 Å². The van der Waals surface area contributed by atoms with E-state index >= 15 is 0 Å². The molecule has 0 fully saturated rings. The van der Waals surface area contributed by atoms with Crippen LogP contribution in [0.5, 0.6) is 5.75 Å². The number of hydrogen-bond acceptors (Lipinski definition) is 1. The maximum absolute atomic E-state index is 9.70. The maximum Gasteiger partial charge on any atom is 0.122 e. The van der Waals surface area contributed by atoms with Crippen LogP contribution in [0.3, 0.4) is 0 Å². The second-order valence-corrected chi connectivity index (χ2v) is 4.32. The fourth-order valence-corrected chi connectivity index (χ4v) is 1.80. The van der Waals surface area contributed by atoms with E-state index in [9.17, 15) is 5.11 Å². The molecule has 2 aromatic carbocycles. The standard InChI is InChI=1S/C15H13ClO/c1-11-6-9-15(17)13(10-11)8-7-12-4-2-3-5-14(12)16/h2-10,17H,1H3/b8-7+. The highest BCUT2D eigenvalue weighted by Crippen LogP contribution is 2.22. The first-order valence-corrected chi connectivity index (χ1v) is 5.77. The molecule has 2 rings (SSSR count). The SMILES string of the molecule is Cc1ccc(O)c(/C=C/c2ccccc2Cl)c1.